The number of methoxy groups -OCH3 is 1. The van der Waals surface area contributed by atoms with Gasteiger partial charge in [0.25, 0.3) is 0 Å². The molecule has 15 heavy (non-hydrogen) atoms. The van der Waals surface area contributed by atoms with Gasteiger partial charge in [0.2, 0.25) is 0 Å². The van der Waals surface area contributed by atoms with E-state index in [9.17, 15) is 0 Å². The molecule has 1 aromatic rings. The number of aliphatic imine (C=N–C) groups is 1. The molecule has 1 rings (SSSR count). The fourth-order valence-electron chi connectivity index (χ4n) is 1.43. The molecule has 0 aliphatic heterocycles. The van der Waals surface area contributed by atoms with E-state index in [2.05, 4.69) is 18.3 Å². The van der Waals surface area contributed by atoms with Crippen LogP contribution in [0.1, 0.15) is 11.7 Å². The smallest absolute Gasteiger partial charge is 0.109 e. The molecule has 1 unspecified atom stereocenters. The lowest BCUT2D eigenvalue weighted by Gasteiger charge is -2.16. The molecule has 0 heterocycles. The first-order chi connectivity index (χ1) is 7.33. The fraction of sp³-hybridized carbons (Fsp3) is 0.154. The lowest BCUT2D eigenvalue weighted by atomic mass is 10.0. The molecule has 0 spiro atoms. The standard InChI is InChI=1S/C13H15NO/c1-4-11(10-14-2)13(15-3)12-8-6-5-7-9-12/h4-10,13H,1-2H2,3H3/b11-10+. The lowest BCUT2D eigenvalue weighted by molar-refractivity contribution is 0.136. The molecule has 0 bridgehead atoms. The summed E-state index contributed by atoms with van der Waals surface area (Å²) in [6, 6.07) is 9.94. The van der Waals surface area contributed by atoms with Gasteiger partial charge in [-0.3, -0.25) is 4.99 Å². The summed E-state index contributed by atoms with van der Waals surface area (Å²) in [5, 5.41) is 0. The van der Waals surface area contributed by atoms with E-state index in [1.54, 1.807) is 19.4 Å². The average molecular weight is 201 g/mol. The predicted octanol–water partition coefficient (Wildman–Crippen LogP) is 3.14. The molecular formula is C13H15NO. The van der Waals surface area contributed by atoms with Gasteiger partial charge < -0.3 is 4.74 Å². The van der Waals surface area contributed by atoms with Gasteiger partial charge in [0.1, 0.15) is 6.10 Å². The third-order valence-corrected chi connectivity index (χ3v) is 2.12. The summed E-state index contributed by atoms with van der Waals surface area (Å²) in [5.41, 5.74) is 1.98. The van der Waals surface area contributed by atoms with Gasteiger partial charge in [-0.15, -0.1) is 0 Å². The fourth-order valence-corrected chi connectivity index (χ4v) is 1.43. The highest BCUT2D eigenvalue weighted by atomic mass is 16.5. The molecule has 2 nitrogen and oxygen atoms in total. The third-order valence-electron chi connectivity index (χ3n) is 2.12. The normalized spacial score (nSPS) is 13.3. The highest BCUT2D eigenvalue weighted by Gasteiger charge is 2.12. The van der Waals surface area contributed by atoms with Crippen molar-refractivity contribution in [2.75, 3.05) is 7.11 Å². The molecule has 0 aliphatic carbocycles. The van der Waals surface area contributed by atoms with Crippen molar-refractivity contribution in [1.82, 2.24) is 0 Å². The van der Waals surface area contributed by atoms with Gasteiger partial charge in [-0.1, -0.05) is 43.0 Å². The van der Waals surface area contributed by atoms with Crippen LogP contribution in [-0.2, 0) is 4.74 Å². The van der Waals surface area contributed by atoms with Crippen LogP contribution in [0.25, 0.3) is 0 Å². The Morgan fingerprint density at radius 2 is 2.07 bits per heavy atom. The maximum atomic E-state index is 5.41. The largest absolute Gasteiger partial charge is 0.372 e. The molecule has 0 amide bonds. The maximum absolute atomic E-state index is 5.41. The Morgan fingerprint density at radius 1 is 1.40 bits per heavy atom. The zero-order chi connectivity index (χ0) is 11.1. The van der Waals surface area contributed by atoms with E-state index in [-0.39, 0.29) is 6.10 Å². The van der Waals surface area contributed by atoms with Gasteiger partial charge >= 0.3 is 0 Å². The van der Waals surface area contributed by atoms with E-state index >= 15 is 0 Å². The Labute approximate surface area is 90.6 Å². The van der Waals surface area contributed by atoms with Crippen molar-refractivity contribution in [1.29, 1.82) is 0 Å². The van der Waals surface area contributed by atoms with E-state index in [1.807, 2.05) is 30.3 Å². The van der Waals surface area contributed by atoms with Crippen LogP contribution in [0, 0.1) is 0 Å². The summed E-state index contributed by atoms with van der Waals surface area (Å²) in [6.07, 6.45) is 3.26. The topological polar surface area (TPSA) is 21.6 Å². The highest BCUT2D eigenvalue weighted by Crippen LogP contribution is 2.25. The molecule has 0 N–H and O–H groups in total. The SMILES string of the molecule is C=C/C(=C\N=C)C(OC)c1ccccc1. The Morgan fingerprint density at radius 3 is 2.53 bits per heavy atom. The Balaban J connectivity index is 3.03. The highest BCUT2D eigenvalue weighted by molar-refractivity contribution is 5.34. The zero-order valence-corrected chi connectivity index (χ0v) is 8.89. The average Bonchev–Trinajstić information content (AvgIpc) is 2.30. The van der Waals surface area contributed by atoms with Gasteiger partial charge in [0, 0.05) is 18.9 Å². The number of ether oxygens (including phenoxy) is 1. The minimum absolute atomic E-state index is 0.130. The van der Waals surface area contributed by atoms with E-state index in [4.69, 9.17) is 4.74 Å². The predicted molar refractivity (Wildman–Crippen MR) is 64.0 cm³/mol. The number of hydrogen-bond acceptors (Lipinski definition) is 2. The monoisotopic (exact) mass is 201 g/mol. The van der Waals surface area contributed by atoms with E-state index < -0.39 is 0 Å². The lowest BCUT2D eigenvalue weighted by Crippen LogP contribution is -2.03. The minimum atomic E-state index is -0.130. The minimum Gasteiger partial charge on any atom is -0.372 e. The maximum Gasteiger partial charge on any atom is 0.109 e. The summed E-state index contributed by atoms with van der Waals surface area (Å²) in [4.78, 5) is 3.74. The quantitative estimate of drug-likeness (QED) is 0.529. The van der Waals surface area contributed by atoms with Gasteiger partial charge in [0.15, 0.2) is 0 Å². The summed E-state index contributed by atoms with van der Waals surface area (Å²) in [7, 11) is 1.66. The van der Waals surface area contributed by atoms with Gasteiger partial charge in [-0.25, -0.2) is 0 Å². The van der Waals surface area contributed by atoms with Gasteiger partial charge in [-0.2, -0.15) is 0 Å². The number of rotatable bonds is 5. The molecule has 1 aromatic carbocycles. The Kier molecular flexibility index (Phi) is 4.51. The van der Waals surface area contributed by atoms with Crippen molar-refractivity contribution < 1.29 is 4.74 Å². The second kappa shape index (κ2) is 5.94. The van der Waals surface area contributed by atoms with Crippen LogP contribution in [0.3, 0.4) is 0 Å². The molecule has 78 valence electrons. The van der Waals surface area contributed by atoms with E-state index in [0.717, 1.165) is 11.1 Å². The summed E-state index contributed by atoms with van der Waals surface area (Å²) in [5.74, 6) is 0. The van der Waals surface area contributed by atoms with Crippen LogP contribution in [0.5, 0.6) is 0 Å². The zero-order valence-electron chi connectivity index (χ0n) is 8.89. The van der Waals surface area contributed by atoms with Gasteiger partial charge in [0.05, 0.1) is 0 Å². The molecule has 0 saturated carbocycles. The van der Waals surface area contributed by atoms with Crippen LogP contribution in [0.15, 0.2) is 59.8 Å². The first-order valence-electron chi connectivity index (χ1n) is 4.69. The Hall–Kier alpha value is -1.67. The summed E-state index contributed by atoms with van der Waals surface area (Å²) in [6.45, 7) is 7.17. The van der Waals surface area contributed by atoms with E-state index in [0.29, 0.717) is 0 Å². The molecule has 1 atom stereocenters. The van der Waals surface area contributed by atoms with Crippen molar-refractivity contribution in [2.24, 2.45) is 4.99 Å². The Bertz CT molecular complexity index is 354. The van der Waals surface area contributed by atoms with Crippen molar-refractivity contribution in [3.8, 4) is 0 Å². The summed E-state index contributed by atoms with van der Waals surface area (Å²) >= 11 is 0. The first kappa shape index (κ1) is 11.4. The van der Waals surface area contributed by atoms with E-state index in [1.165, 1.54) is 0 Å². The molecule has 2 heteroatoms. The molecule has 0 saturated heterocycles. The second-order valence-corrected chi connectivity index (χ2v) is 3.04. The molecule has 0 aliphatic rings. The van der Waals surface area contributed by atoms with Crippen LogP contribution < -0.4 is 0 Å². The van der Waals surface area contributed by atoms with Crippen molar-refractivity contribution >= 4 is 6.72 Å². The van der Waals surface area contributed by atoms with Gasteiger partial charge in [-0.05, 0) is 12.3 Å². The van der Waals surface area contributed by atoms with Crippen molar-refractivity contribution in [3.63, 3.8) is 0 Å². The number of hydrogen-bond donors (Lipinski definition) is 0. The van der Waals surface area contributed by atoms with Crippen LogP contribution in [0.2, 0.25) is 0 Å². The van der Waals surface area contributed by atoms with Crippen LogP contribution >= 0.6 is 0 Å². The van der Waals surface area contributed by atoms with Crippen LogP contribution in [-0.4, -0.2) is 13.8 Å². The first-order valence-corrected chi connectivity index (χ1v) is 4.69. The molecular weight excluding hydrogens is 186 g/mol. The molecule has 0 aromatic heterocycles. The molecule has 0 fully saturated rings. The number of nitrogens with zero attached hydrogens (tertiary/aromatic N) is 1. The molecule has 0 radical (unpaired) electrons. The number of benzene rings is 1. The second-order valence-electron chi connectivity index (χ2n) is 3.04. The van der Waals surface area contributed by atoms with Crippen LogP contribution in [0.4, 0.5) is 0 Å². The summed E-state index contributed by atoms with van der Waals surface area (Å²) < 4.78 is 5.41. The van der Waals surface area contributed by atoms with Crippen molar-refractivity contribution in [3.05, 3.63) is 60.3 Å². The van der Waals surface area contributed by atoms with Crippen molar-refractivity contribution in [2.45, 2.75) is 6.10 Å². The third kappa shape index (κ3) is 2.89.